The topological polar surface area (TPSA) is 53.6 Å². The van der Waals surface area contributed by atoms with Gasteiger partial charge in [0.05, 0.1) is 23.5 Å². The number of anilines is 2. The van der Waals surface area contributed by atoms with Gasteiger partial charge in [0.15, 0.2) is 0 Å². The van der Waals surface area contributed by atoms with Crippen molar-refractivity contribution in [2.75, 3.05) is 5.32 Å². The number of hydrogen-bond acceptors (Lipinski definition) is 3. The van der Waals surface area contributed by atoms with Crippen molar-refractivity contribution in [1.82, 2.24) is 9.78 Å². The van der Waals surface area contributed by atoms with Crippen LogP contribution in [-0.4, -0.2) is 9.78 Å². The highest BCUT2D eigenvalue weighted by Crippen LogP contribution is 2.18. The van der Waals surface area contributed by atoms with Gasteiger partial charge in [-0.3, -0.25) is 4.68 Å². The van der Waals surface area contributed by atoms with Gasteiger partial charge in [-0.1, -0.05) is 0 Å². The Balaban J connectivity index is 2.28. The minimum atomic E-state index is -0.439. The number of rotatable bonds is 2. The molecule has 1 aromatic carbocycles. The lowest BCUT2D eigenvalue weighted by atomic mass is 10.2. The Morgan fingerprint density at radius 3 is 2.81 bits per heavy atom. The number of halogens is 1. The van der Waals surface area contributed by atoms with Gasteiger partial charge in [0.2, 0.25) is 0 Å². The van der Waals surface area contributed by atoms with E-state index in [0.29, 0.717) is 5.69 Å². The molecule has 0 aliphatic heterocycles. The summed E-state index contributed by atoms with van der Waals surface area (Å²) in [6, 6.07) is 5.99. The first-order valence-corrected chi connectivity index (χ1v) is 4.64. The van der Waals surface area contributed by atoms with Crippen LogP contribution in [0.2, 0.25) is 0 Å². The lowest BCUT2D eigenvalue weighted by molar-refractivity contribution is 0.628. The predicted molar refractivity (Wildman–Crippen MR) is 57.6 cm³/mol. The van der Waals surface area contributed by atoms with Gasteiger partial charge in [-0.2, -0.15) is 10.4 Å². The highest BCUT2D eigenvalue weighted by Gasteiger charge is 2.02. The molecule has 16 heavy (non-hydrogen) atoms. The van der Waals surface area contributed by atoms with Gasteiger partial charge in [0, 0.05) is 18.9 Å². The molecule has 0 spiro atoms. The summed E-state index contributed by atoms with van der Waals surface area (Å²) >= 11 is 0. The fourth-order valence-corrected chi connectivity index (χ4v) is 1.38. The van der Waals surface area contributed by atoms with Gasteiger partial charge in [0.1, 0.15) is 5.82 Å². The van der Waals surface area contributed by atoms with Crippen molar-refractivity contribution >= 4 is 11.4 Å². The first-order valence-electron chi connectivity index (χ1n) is 4.64. The molecule has 1 aromatic heterocycles. The SMILES string of the molecule is Cn1cc(Nc2cc(F)cc(C#N)c2)cn1. The van der Waals surface area contributed by atoms with Gasteiger partial charge in [0.25, 0.3) is 0 Å². The van der Waals surface area contributed by atoms with Gasteiger partial charge in [-0.15, -0.1) is 0 Å². The molecule has 2 aromatic rings. The molecule has 0 aliphatic carbocycles. The van der Waals surface area contributed by atoms with Crippen molar-refractivity contribution in [3.8, 4) is 6.07 Å². The zero-order valence-corrected chi connectivity index (χ0v) is 8.61. The average molecular weight is 216 g/mol. The van der Waals surface area contributed by atoms with Crippen molar-refractivity contribution in [3.05, 3.63) is 42.0 Å². The summed E-state index contributed by atoms with van der Waals surface area (Å²) < 4.78 is 14.7. The third kappa shape index (κ3) is 2.17. The second-order valence-corrected chi connectivity index (χ2v) is 3.37. The van der Waals surface area contributed by atoms with Crippen LogP contribution in [0.4, 0.5) is 15.8 Å². The standard InChI is InChI=1S/C11H9FN4/c1-16-7-11(6-14-16)15-10-3-8(5-13)2-9(12)4-10/h2-4,6-7,15H,1H3. The Labute approximate surface area is 91.9 Å². The molecule has 1 N–H and O–H groups in total. The van der Waals surface area contributed by atoms with E-state index in [1.165, 1.54) is 12.1 Å². The highest BCUT2D eigenvalue weighted by atomic mass is 19.1. The third-order valence-electron chi connectivity index (χ3n) is 2.02. The maximum atomic E-state index is 13.1. The Morgan fingerprint density at radius 2 is 2.19 bits per heavy atom. The highest BCUT2D eigenvalue weighted by molar-refractivity contribution is 5.60. The zero-order chi connectivity index (χ0) is 11.5. The van der Waals surface area contributed by atoms with Crippen LogP contribution in [0.15, 0.2) is 30.6 Å². The van der Waals surface area contributed by atoms with Gasteiger partial charge in [-0.25, -0.2) is 4.39 Å². The number of nitrogens with one attached hydrogen (secondary N) is 1. The Kier molecular flexibility index (Phi) is 2.56. The molecule has 2 rings (SSSR count). The molecule has 5 heteroatoms. The molecule has 0 radical (unpaired) electrons. The van der Waals surface area contributed by atoms with Crippen LogP contribution in [0, 0.1) is 17.1 Å². The zero-order valence-electron chi connectivity index (χ0n) is 8.61. The van der Waals surface area contributed by atoms with E-state index < -0.39 is 5.82 Å². The normalized spacial score (nSPS) is 9.81. The molecule has 80 valence electrons. The Hall–Kier alpha value is -2.35. The van der Waals surface area contributed by atoms with Crippen LogP contribution in [0.25, 0.3) is 0 Å². The average Bonchev–Trinajstić information content (AvgIpc) is 2.63. The van der Waals surface area contributed by atoms with Crippen molar-refractivity contribution in [1.29, 1.82) is 5.26 Å². The summed E-state index contributed by atoms with van der Waals surface area (Å²) in [4.78, 5) is 0. The Bertz CT molecular complexity index is 553. The maximum Gasteiger partial charge on any atom is 0.126 e. The summed E-state index contributed by atoms with van der Waals surface area (Å²) in [5, 5.41) is 15.6. The lowest BCUT2D eigenvalue weighted by Gasteiger charge is -2.03. The quantitative estimate of drug-likeness (QED) is 0.837. The monoisotopic (exact) mass is 216 g/mol. The van der Waals surface area contributed by atoms with Crippen molar-refractivity contribution in [2.45, 2.75) is 0 Å². The number of benzene rings is 1. The Morgan fingerprint density at radius 1 is 1.38 bits per heavy atom. The predicted octanol–water partition coefficient (Wildman–Crippen LogP) is 2.17. The van der Waals surface area contributed by atoms with Crippen molar-refractivity contribution < 1.29 is 4.39 Å². The number of aromatic nitrogens is 2. The molecule has 0 fully saturated rings. The van der Waals surface area contributed by atoms with Crippen LogP contribution in [0.3, 0.4) is 0 Å². The van der Waals surface area contributed by atoms with Crippen LogP contribution < -0.4 is 5.32 Å². The van der Waals surface area contributed by atoms with Crippen molar-refractivity contribution in [2.24, 2.45) is 7.05 Å². The van der Waals surface area contributed by atoms with Crippen LogP contribution in [0.5, 0.6) is 0 Å². The largest absolute Gasteiger partial charge is 0.353 e. The molecule has 4 nitrogen and oxygen atoms in total. The minimum Gasteiger partial charge on any atom is -0.353 e. The molecule has 0 saturated carbocycles. The fourth-order valence-electron chi connectivity index (χ4n) is 1.38. The van der Waals surface area contributed by atoms with Gasteiger partial charge in [-0.05, 0) is 18.2 Å². The van der Waals surface area contributed by atoms with Gasteiger partial charge < -0.3 is 5.32 Å². The number of aryl methyl sites for hydroxylation is 1. The molecule has 0 unspecified atom stereocenters. The van der Waals surface area contributed by atoms with E-state index in [-0.39, 0.29) is 5.56 Å². The summed E-state index contributed by atoms with van der Waals surface area (Å²) in [6.45, 7) is 0. The molecule has 0 atom stereocenters. The maximum absolute atomic E-state index is 13.1. The number of nitriles is 1. The van der Waals surface area contributed by atoms with Crippen LogP contribution in [-0.2, 0) is 7.05 Å². The molecule has 0 saturated heterocycles. The van der Waals surface area contributed by atoms with E-state index >= 15 is 0 Å². The molecular weight excluding hydrogens is 207 g/mol. The van der Waals surface area contributed by atoms with E-state index in [4.69, 9.17) is 5.26 Å². The molecule has 0 aliphatic rings. The first-order chi connectivity index (χ1) is 7.67. The number of hydrogen-bond donors (Lipinski definition) is 1. The summed E-state index contributed by atoms with van der Waals surface area (Å²) in [6.07, 6.45) is 3.38. The van der Waals surface area contributed by atoms with Crippen LogP contribution >= 0.6 is 0 Å². The lowest BCUT2D eigenvalue weighted by Crippen LogP contribution is -1.91. The second kappa shape index (κ2) is 4.03. The van der Waals surface area contributed by atoms with E-state index in [0.717, 1.165) is 5.69 Å². The molecule has 1 heterocycles. The van der Waals surface area contributed by atoms with E-state index in [9.17, 15) is 4.39 Å². The summed E-state index contributed by atoms with van der Waals surface area (Å²) in [7, 11) is 1.79. The van der Waals surface area contributed by atoms with E-state index in [1.807, 2.05) is 6.07 Å². The van der Waals surface area contributed by atoms with Gasteiger partial charge >= 0.3 is 0 Å². The first kappa shape index (κ1) is 10.2. The molecule has 0 bridgehead atoms. The summed E-state index contributed by atoms with van der Waals surface area (Å²) in [5.74, 6) is -0.439. The number of nitrogens with zero attached hydrogens (tertiary/aromatic N) is 3. The third-order valence-corrected chi connectivity index (χ3v) is 2.02. The smallest absolute Gasteiger partial charge is 0.126 e. The minimum absolute atomic E-state index is 0.284. The fraction of sp³-hybridized carbons (Fsp3) is 0.0909. The van der Waals surface area contributed by atoms with E-state index in [1.54, 1.807) is 30.2 Å². The molecular formula is C11H9FN4. The van der Waals surface area contributed by atoms with Crippen molar-refractivity contribution in [3.63, 3.8) is 0 Å². The summed E-state index contributed by atoms with van der Waals surface area (Å²) in [5.41, 5.74) is 1.56. The van der Waals surface area contributed by atoms with E-state index in [2.05, 4.69) is 10.4 Å². The molecule has 0 amide bonds. The second-order valence-electron chi connectivity index (χ2n) is 3.37. The van der Waals surface area contributed by atoms with Crippen LogP contribution in [0.1, 0.15) is 5.56 Å².